The van der Waals surface area contributed by atoms with Gasteiger partial charge in [0.1, 0.15) is 0 Å². The lowest BCUT2D eigenvalue weighted by molar-refractivity contribution is -0.151. The second-order valence-corrected chi connectivity index (χ2v) is 6.27. The number of esters is 1. The number of piperidine rings is 1. The standard InChI is InChI=1S/C19H28N2O3/c1-3-24-19(23)17-10-7-13-21(14-17)18(22)11-12-20-15(2)16-8-5-4-6-9-16/h4-6,8-9,15,17,20H,3,7,10-14H2,1-2H3/t15-,17+/m1/s1. The zero-order valence-corrected chi connectivity index (χ0v) is 14.7. The van der Waals surface area contributed by atoms with Gasteiger partial charge in [-0.2, -0.15) is 0 Å². The average Bonchev–Trinajstić information content (AvgIpc) is 2.62. The van der Waals surface area contributed by atoms with E-state index in [4.69, 9.17) is 4.74 Å². The number of ether oxygens (including phenoxy) is 1. The molecule has 0 spiro atoms. The van der Waals surface area contributed by atoms with Crippen LogP contribution in [0.15, 0.2) is 30.3 Å². The van der Waals surface area contributed by atoms with Gasteiger partial charge in [0.2, 0.25) is 5.91 Å². The molecule has 1 aromatic rings. The van der Waals surface area contributed by atoms with Crippen molar-refractivity contribution in [3.8, 4) is 0 Å². The van der Waals surface area contributed by atoms with E-state index >= 15 is 0 Å². The number of carbonyl (C=O) groups is 2. The smallest absolute Gasteiger partial charge is 0.310 e. The second-order valence-electron chi connectivity index (χ2n) is 6.27. The van der Waals surface area contributed by atoms with E-state index in [9.17, 15) is 9.59 Å². The van der Waals surface area contributed by atoms with Crippen LogP contribution in [0, 0.1) is 5.92 Å². The first kappa shape index (κ1) is 18.5. The summed E-state index contributed by atoms with van der Waals surface area (Å²) in [6.45, 7) is 6.16. The predicted octanol–water partition coefficient (Wildman–Crippen LogP) is 2.53. The van der Waals surface area contributed by atoms with Crippen LogP contribution in [0.3, 0.4) is 0 Å². The first-order chi connectivity index (χ1) is 11.6. The Morgan fingerprint density at radius 3 is 2.79 bits per heavy atom. The van der Waals surface area contributed by atoms with Crippen molar-refractivity contribution in [2.24, 2.45) is 5.92 Å². The molecular weight excluding hydrogens is 304 g/mol. The summed E-state index contributed by atoms with van der Waals surface area (Å²) in [5.74, 6) is -0.235. The highest BCUT2D eigenvalue weighted by Gasteiger charge is 2.29. The summed E-state index contributed by atoms with van der Waals surface area (Å²) in [6.07, 6.45) is 2.13. The van der Waals surface area contributed by atoms with Crippen LogP contribution in [0.1, 0.15) is 44.7 Å². The maximum Gasteiger partial charge on any atom is 0.310 e. The molecule has 1 saturated heterocycles. The Labute approximate surface area is 144 Å². The number of benzene rings is 1. The van der Waals surface area contributed by atoms with E-state index < -0.39 is 0 Å². The van der Waals surface area contributed by atoms with Crippen LogP contribution in [-0.4, -0.2) is 43.0 Å². The third-order valence-corrected chi connectivity index (χ3v) is 4.48. The van der Waals surface area contributed by atoms with Gasteiger partial charge in [-0.1, -0.05) is 30.3 Å². The van der Waals surface area contributed by atoms with Crippen molar-refractivity contribution in [3.63, 3.8) is 0 Å². The molecule has 1 aliphatic rings. The largest absolute Gasteiger partial charge is 0.466 e. The molecule has 24 heavy (non-hydrogen) atoms. The fraction of sp³-hybridized carbons (Fsp3) is 0.579. The molecule has 0 aromatic heterocycles. The predicted molar refractivity (Wildman–Crippen MR) is 93.4 cm³/mol. The van der Waals surface area contributed by atoms with Gasteiger partial charge in [0.05, 0.1) is 12.5 Å². The maximum atomic E-state index is 12.4. The fourth-order valence-electron chi connectivity index (χ4n) is 3.07. The molecule has 1 N–H and O–H groups in total. The van der Waals surface area contributed by atoms with Gasteiger partial charge in [0.15, 0.2) is 0 Å². The molecule has 0 aliphatic carbocycles. The van der Waals surface area contributed by atoms with Gasteiger partial charge in [-0.15, -0.1) is 0 Å². The van der Waals surface area contributed by atoms with E-state index in [-0.39, 0.29) is 23.8 Å². The van der Waals surface area contributed by atoms with Gasteiger partial charge in [0, 0.05) is 32.1 Å². The molecule has 1 aliphatic heterocycles. The molecule has 0 radical (unpaired) electrons. The van der Waals surface area contributed by atoms with Crippen LogP contribution in [0.25, 0.3) is 0 Å². The van der Waals surface area contributed by atoms with E-state index in [0.717, 1.165) is 19.4 Å². The van der Waals surface area contributed by atoms with E-state index in [1.165, 1.54) is 5.56 Å². The Balaban J connectivity index is 1.75. The summed E-state index contributed by atoms with van der Waals surface area (Å²) in [6, 6.07) is 10.4. The van der Waals surface area contributed by atoms with Gasteiger partial charge < -0.3 is 15.0 Å². The minimum Gasteiger partial charge on any atom is -0.466 e. The number of amides is 1. The van der Waals surface area contributed by atoms with Crippen molar-refractivity contribution in [1.29, 1.82) is 0 Å². The number of likely N-dealkylation sites (tertiary alicyclic amines) is 1. The molecule has 0 unspecified atom stereocenters. The first-order valence-corrected chi connectivity index (χ1v) is 8.84. The number of nitrogens with zero attached hydrogens (tertiary/aromatic N) is 1. The van der Waals surface area contributed by atoms with Crippen LogP contribution >= 0.6 is 0 Å². The zero-order chi connectivity index (χ0) is 17.4. The highest BCUT2D eigenvalue weighted by molar-refractivity contribution is 5.78. The van der Waals surface area contributed by atoms with Crippen molar-refractivity contribution >= 4 is 11.9 Å². The summed E-state index contributed by atoms with van der Waals surface area (Å²) in [5.41, 5.74) is 1.21. The van der Waals surface area contributed by atoms with Crippen LogP contribution in [0.4, 0.5) is 0 Å². The van der Waals surface area contributed by atoms with E-state index in [2.05, 4.69) is 24.4 Å². The normalized spacial score (nSPS) is 18.9. The lowest BCUT2D eigenvalue weighted by Gasteiger charge is -2.31. The Hall–Kier alpha value is -1.88. The first-order valence-electron chi connectivity index (χ1n) is 8.84. The molecule has 0 bridgehead atoms. The van der Waals surface area contributed by atoms with E-state index in [1.54, 1.807) is 4.90 Å². The van der Waals surface area contributed by atoms with Crippen LogP contribution < -0.4 is 5.32 Å². The van der Waals surface area contributed by atoms with Gasteiger partial charge in [-0.3, -0.25) is 9.59 Å². The SMILES string of the molecule is CCOC(=O)[C@H]1CCCN(C(=O)CCN[C@H](C)c2ccccc2)C1. The molecule has 1 fully saturated rings. The van der Waals surface area contributed by atoms with Gasteiger partial charge in [-0.25, -0.2) is 0 Å². The lowest BCUT2D eigenvalue weighted by Crippen LogP contribution is -2.43. The molecule has 0 saturated carbocycles. The van der Waals surface area contributed by atoms with Crippen LogP contribution in [0.5, 0.6) is 0 Å². The van der Waals surface area contributed by atoms with Gasteiger partial charge >= 0.3 is 5.97 Å². The quantitative estimate of drug-likeness (QED) is 0.780. The van der Waals surface area contributed by atoms with Crippen molar-refractivity contribution < 1.29 is 14.3 Å². The molecular formula is C19H28N2O3. The zero-order valence-electron chi connectivity index (χ0n) is 14.7. The number of nitrogens with one attached hydrogen (secondary N) is 1. The van der Waals surface area contributed by atoms with Crippen LogP contribution in [0.2, 0.25) is 0 Å². The van der Waals surface area contributed by atoms with E-state index in [0.29, 0.717) is 26.1 Å². The van der Waals surface area contributed by atoms with Gasteiger partial charge in [-0.05, 0) is 32.3 Å². The molecule has 5 heteroatoms. The summed E-state index contributed by atoms with van der Waals surface area (Å²) in [7, 11) is 0. The monoisotopic (exact) mass is 332 g/mol. The number of hydrogen-bond acceptors (Lipinski definition) is 4. The molecule has 2 rings (SSSR count). The maximum absolute atomic E-state index is 12.4. The Morgan fingerprint density at radius 1 is 1.33 bits per heavy atom. The van der Waals surface area contributed by atoms with Gasteiger partial charge in [0.25, 0.3) is 0 Å². The molecule has 132 valence electrons. The molecule has 1 heterocycles. The molecule has 5 nitrogen and oxygen atoms in total. The number of rotatable bonds is 7. The molecule has 2 atom stereocenters. The summed E-state index contributed by atoms with van der Waals surface area (Å²) in [5, 5.41) is 3.38. The van der Waals surface area contributed by atoms with Crippen molar-refractivity contribution in [3.05, 3.63) is 35.9 Å². The van der Waals surface area contributed by atoms with Crippen molar-refractivity contribution in [2.45, 2.75) is 39.2 Å². The molecule has 1 aromatic carbocycles. The fourth-order valence-corrected chi connectivity index (χ4v) is 3.07. The van der Waals surface area contributed by atoms with E-state index in [1.807, 2.05) is 25.1 Å². The summed E-state index contributed by atoms with van der Waals surface area (Å²) < 4.78 is 5.08. The topological polar surface area (TPSA) is 58.6 Å². The number of carbonyl (C=O) groups excluding carboxylic acids is 2. The summed E-state index contributed by atoms with van der Waals surface area (Å²) >= 11 is 0. The minimum absolute atomic E-state index is 0.108. The second kappa shape index (κ2) is 9.42. The Morgan fingerprint density at radius 2 is 2.08 bits per heavy atom. The average molecular weight is 332 g/mol. The van der Waals surface area contributed by atoms with Crippen LogP contribution in [-0.2, 0) is 14.3 Å². The van der Waals surface area contributed by atoms with Crippen molar-refractivity contribution in [2.75, 3.05) is 26.2 Å². The summed E-state index contributed by atoms with van der Waals surface area (Å²) in [4.78, 5) is 26.0. The van der Waals surface area contributed by atoms with Crippen molar-refractivity contribution in [1.82, 2.24) is 10.2 Å². The lowest BCUT2D eigenvalue weighted by atomic mass is 9.98. The third kappa shape index (κ3) is 5.34. The molecule has 1 amide bonds. The third-order valence-electron chi connectivity index (χ3n) is 4.48. The highest BCUT2D eigenvalue weighted by atomic mass is 16.5. The highest BCUT2D eigenvalue weighted by Crippen LogP contribution is 2.18. The minimum atomic E-state index is -0.175. The number of hydrogen-bond donors (Lipinski definition) is 1. The Kier molecular flexibility index (Phi) is 7.25. The Bertz CT molecular complexity index is 533.